The number of nitrogens with one attached hydrogen (secondary N) is 2. The highest BCUT2D eigenvalue weighted by atomic mass is 79.9. The molecule has 0 spiro atoms. The van der Waals surface area contributed by atoms with Crippen molar-refractivity contribution in [2.75, 3.05) is 18.5 Å². The Morgan fingerprint density at radius 3 is 2.46 bits per heavy atom. The monoisotopic (exact) mass is 456 g/mol. The number of hydrogen-bond acceptors (Lipinski definition) is 3. The van der Waals surface area contributed by atoms with Crippen molar-refractivity contribution < 1.29 is 9.47 Å². The Kier molecular flexibility index (Phi) is 8.00. The van der Waals surface area contributed by atoms with E-state index in [1.807, 2.05) is 57.2 Å². The van der Waals surface area contributed by atoms with Gasteiger partial charge in [0.05, 0.1) is 24.3 Å². The molecule has 0 radical (unpaired) electrons. The number of ether oxygens (including phenoxy) is 2. The summed E-state index contributed by atoms with van der Waals surface area (Å²) in [7, 11) is 0. The smallest absolute Gasteiger partial charge is 0.171 e. The number of halogens is 2. The van der Waals surface area contributed by atoms with Crippen LogP contribution in [0.1, 0.15) is 32.4 Å². The fourth-order valence-corrected chi connectivity index (χ4v) is 3.08. The fraction of sp³-hybridized carbons (Fsp3) is 0.316. The maximum absolute atomic E-state index is 6.11. The van der Waals surface area contributed by atoms with E-state index < -0.39 is 0 Å². The molecule has 140 valence electrons. The summed E-state index contributed by atoms with van der Waals surface area (Å²) in [6, 6.07) is 11.5. The van der Waals surface area contributed by atoms with Gasteiger partial charge in [0.15, 0.2) is 16.6 Å². The van der Waals surface area contributed by atoms with Crippen LogP contribution in [0.2, 0.25) is 5.02 Å². The van der Waals surface area contributed by atoms with Crippen LogP contribution < -0.4 is 20.1 Å². The third kappa shape index (κ3) is 5.76. The molecular formula is C19H22BrClN2O2S. The van der Waals surface area contributed by atoms with E-state index in [0.717, 1.165) is 27.2 Å². The minimum atomic E-state index is -0.00389. The topological polar surface area (TPSA) is 42.5 Å². The molecule has 0 aliphatic carbocycles. The SMILES string of the molecule is CCOc1ccc([C@H](C)NC(=S)Nc2ccc(Br)c(Cl)c2)cc1OCC. The van der Waals surface area contributed by atoms with Gasteiger partial charge >= 0.3 is 0 Å². The lowest BCUT2D eigenvalue weighted by Gasteiger charge is -2.19. The predicted octanol–water partition coefficient (Wildman–Crippen LogP) is 5.95. The number of thiocarbonyl (C=S) groups is 1. The Morgan fingerprint density at radius 1 is 1.12 bits per heavy atom. The van der Waals surface area contributed by atoms with E-state index in [0.29, 0.717) is 23.3 Å². The van der Waals surface area contributed by atoms with Crippen molar-refractivity contribution in [3.05, 3.63) is 51.5 Å². The van der Waals surface area contributed by atoms with Crippen LogP contribution in [0.3, 0.4) is 0 Å². The lowest BCUT2D eigenvalue weighted by molar-refractivity contribution is 0.287. The van der Waals surface area contributed by atoms with Crippen molar-refractivity contribution in [1.29, 1.82) is 0 Å². The predicted molar refractivity (Wildman–Crippen MR) is 116 cm³/mol. The Morgan fingerprint density at radius 2 is 1.81 bits per heavy atom. The molecule has 0 unspecified atom stereocenters. The van der Waals surface area contributed by atoms with Gasteiger partial charge in [-0.05, 0) is 84.8 Å². The van der Waals surface area contributed by atoms with Gasteiger partial charge in [-0.15, -0.1) is 0 Å². The molecule has 4 nitrogen and oxygen atoms in total. The van der Waals surface area contributed by atoms with Gasteiger partial charge in [0.1, 0.15) is 0 Å². The third-order valence-electron chi connectivity index (χ3n) is 3.59. The largest absolute Gasteiger partial charge is 0.490 e. The van der Waals surface area contributed by atoms with Crippen LogP contribution in [0.15, 0.2) is 40.9 Å². The highest BCUT2D eigenvalue weighted by Gasteiger charge is 2.12. The quantitative estimate of drug-likeness (QED) is 0.503. The summed E-state index contributed by atoms with van der Waals surface area (Å²) in [6.07, 6.45) is 0. The van der Waals surface area contributed by atoms with Gasteiger partial charge in [0.2, 0.25) is 0 Å². The molecule has 0 saturated carbocycles. The van der Waals surface area contributed by atoms with Crippen LogP contribution in [0.25, 0.3) is 0 Å². The van der Waals surface area contributed by atoms with E-state index in [1.54, 1.807) is 0 Å². The second-order valence-electron chi connectivity index (χ2n) is 5.52. The average molecular weight is 458 g/mol. The number of anilines is 1. The van der Waals surface area contributed by atoms with E-state index in [9.17, 15) is 0 Å². The summed E-state index contributed by atoms with van der Waals surface area (Å²) < 4.78 is 12.1. The van der Waals surface area contributed by atoms with Crippen molar-refractivity contribution in [3.8, 4) is 11.5 Å². The van der Waals surface area contributed by atoms with E-state index in [4.69, 9.17) is 33.3 Å². The van der Waals surface area contributed by atoms with Gasteiger partial charge in [-0.1, -0.05) is 17.7 Å². The maximum atomic E-state index is 6.11. The molecule has 2 aromatic carbocycles. The molecule has 0 saturated heterocycles. The summed E-state index contributed by atoms with van der Waals surface area (Å²) in [5.74, 6) is 1.48. The molecule has 0 aliphatic rings. The molecule has 0 aliphatic heterocycles. The highest BCUT2D eigenvalue weighted by Crippen LogP contribution is 2.31. The highest BCUT2D eigenvalue weighted by molar-refractivity contribution is 9.10. The molecule has 0 fully saturated rings. The first kappa shape index (κ1) is 20.8. The molecule has 26 heavy (non-hydrogen) atoms. The molecule has 2 rings (SSSR count). The van der Waals surface area contributed by atoms with Crippen molar-refractivity contribution in [3.63, 3.8) is 0 Å². The zero-order valence-electron chi connectivity index (χ0n) is 14.9. The first-order chi connectivity index (χ1) is 12.4. The third-order valence-corrected chi connectivity index (χ3v) is 5.04. The van der Waals surface area contributed by atoms with E-state index in [-0.39, 0.29) is 6.04 Å². The lowest BCUT2D eigenvalue weighted by atomic mass is 10.1. The van der Waals surface area contributed by atoms with Crippen LogP contribution in [0.5, 0.6) is 11.5 Å². The second-order valence-corrected chi connectivity index (χ2v) is 7.19. The summed E-state index contributed by atoms with van der Waals surface area (Å²) in [5.41, 5.74) is 1.87. The van der Waals surface area contributed by atoms with Crippen LogP contribution in [0, 0.1) is 0 Å². The average Bonchev–Trinajstić information content (AvgIpc) is 2.60. The van der Waals surface area contributed by atoms with E-state index in [1.165, 1.54) is 0 Å². The van der Waals surface area contributed by atoms with Crippen LogP contribution in [-0.2, 0) is 0 Å². The van der Waals surface area contributed by atoms with Crippen molar-refractivity contribution in [2.24, 2.45) is 0 Å². The normalized spacial score (nSPS) is 11.6. The molecule has 2 aromatic rings. The number of rotatable bonds is 7. The molecule has 1 atom stereocenters. The zero-order valence-corrected chi connectivity index (χ0v) is 18.1. The van der Waals surface area contributed by atoms with Gasteiger partial charge in [0, 0.05) is 10.2 Å². The lowest BCUT2D eigenvalue weighted by Crippen LogP contribution is -2.30. The number of benzene rings is 2. The maximum Gasteiger partial charge on any atom is 0.171 e. The van der Waals surface area contributed by atoms with Gasteiger partial charge in [-0.25, -0.2) is 0 Å². The summed E-state index contributed by atoms with van der Waals surface area (Å²) >= 11 is 14.9. The zero-order chi connectivity index (χ0) is 19.1. The molecule has 2 N–H and O–H groups in total. The van der Waals surface area contributed by atoms with Gasteiger partial charge in [-0.2, -0.15) is 0 Å². The molecule has 0 bridgehead atoms. The Labute approximate surface area is 173 Å². The molecular weight excluding hydrogens is 436 g/mol. The van der Waals surface area contributed by atoms with Crippen LogP contribution in [-0.4, -0.2) is 18.3 Å². The van der Waals surface area contributed by atoms with E-state index in [2.05, 4.69) is 26.6 Å². The summed E-state index contributed by atoms with van der Waals surface area (Å²) in [5, 5.41) is 7.55. The molecule has 0 heterocycles. The minimum Gasteiger partial charge on any atom is -0.490 e. The standard InChI is InChI=1S/C19H22BrClN2O2S/c1-4-24-17-9-6-13(10-18(17)25-5-2)12(3)22-19(26)23-14-7-8-15(20)16(21)11-14/h6-12H,4-5H2,1-3H3,(H2,22,23,26)/t12-/m0/s1. The molecule has 0 amide bonds. The fourth-order valence-electron chi connectivity index (χ4n) is 2.36. The van der Waals surface area contributed by atoms with E-state index >= 15 is 0 Å². The second kappa shape index (κ2) is 10.00. The summed E-state index contributed by atoms with van der Waals surface area (Å²) in [4.78, 5) is 0. The Bertz CT molecular complexity index is 773. The number of hydrogen-bond donors (Lipinski definition) is 2. The Balaban J connectivity index is 2.05. The molecule has 0 aromatic heterocycles. The summed E-state index contributed by atoms with van der Waals surface area (Å²) in [6.45, 7) is 7.11. The minimum absolute atomic E-state index is 0.00389. The van der Waals surface area contributed by atoms with Crippen LogP contribution in [0.4, 0.5) is 5.69 Å². The first-order valence-electron chi connectivity index (χ1n) is 8.36. The molecule has 7 heteroatoms. The van der Waals surface area contributed by atoms with Crippen LogP contribution >= 0.6 is 39.7 Å². The van der Waals surface area contributed by atoms with Gasteiger partial charge in [0.25, 0.3) is 0 Å². The van der Waals surface area contributed by atoms with Gasteiger partial charge in [-0.3, -0.25) is 0 Å². The van der Waals surface area contributed by atoms with Crippen molar-refractivity contribution in [1.82, 2.24) is 5.32 Å². The first-order valence-corrected chi connectivity index (χ1v) is 9.94. The van der Waals surface area contributed by atoms with Crippen molar-refractivity contribution in [2.45, 2.75) is 26.8 Å². The van der Waals surface area contributed by atoms with Gasteiger partial charge < -0.3 is 20.1 Å². The Hall–Kier alpha value is -1.50. The van der Waals surface area contributed by atoms with Crippen molar-refractivity contribution >= 4 is 50.5 Å².